The zero-order valence-electron chi connectivity index (χ0n) is 12.2. The number of likely N-dealkylation sites (tertiary alicyclic amines) is 1. The number of nitrogens with zero attached hydrogens (tertiary/aromatic N) is 1. The van der Waals surface area contributed by atoms with Crippen molar-refractivity contribution in [2.45, 2.75) is 30.2 Å². The number of hydrogen-bond donors (Lipinski definition) is 2. The topological polar surface area (TPSA) is 44.4 Å². The SMILES string of the molecule is CSc1cccc(NC(=O)NCCC2CCCN2C)c1. The van der Waals surface area contributed by atoms with Crippen LogP contribution < -0.4 is 10.6 Å². The number of urea groups is 1. The fourth-order valence-electron chi connectivity index (χ4n) is 2.57. The van der Waals surface area contributed by atoms with Gasteiger partial charge in [0.05, 0.1) is 0 Å². The number of benzene rings is 1. The van der Waals surface area contributed by atoms with E-state index in [-0.39, 0.29) is 6.03 Å². The van der Waals surface area contributed by atoms with Crippen LogP contribution in [-0.4, -0.2) is 43.4 Å². The predicted molar refractivity (Wildman–Crippen MR) is 85.5 cm³/mol. The molecule has 1 aliphatic heterocycles. The van der Waals surface area contributed by atoms with Gasteiger partial charge in [-0.1, -0.05) is 6.07 Å². The van der Waals surface area contributed by atoms with Crippen LogP contribution in [0.2, 0.25) is 0 Å². The predicted octanol–water partition coefficient (Wildman–Crippen LogP) is 3.01. The number of rotatable bonds is 5. The van der Waals surface area contributed by atoms with E-state index in [0.29, 0.717) is 6.04 Å². The van der Waals surface area contributed by atoms with Crippen molar-refractivity contribution < 1.29 is 4.79 Å². The Morgan fingerprint density at radius 1 is 1.50 bits per heavy atom. The number of anilines is 1. The molecule has 1 heterocycles. The molecule has 2 rings (SSSR count). The highest BCUT2D eigenvalue weighted by molar-refractivity contribution is 7.98. The summed E-state index contributed by atoms with van der Waals surface area (Å²) in [6.07, 6.45) is 5.57. The molecule has 1 saturated heterocycles. The summed E-state index contributed by atoms with van der Waals surface area (Å²) >= 11 is 1.67. The molecule has 0 radical (unpaired) electrons. The largest absolute Gasteiger partial charge is 0.338 e. The van der Waals surface area contributed by atoms with Crippen LogP contribution in [0.4, 0.5) is 10.5 Å². The summed E-state index contributed by atoms with van der Waals surface area (Å²) in [6.45, 7) is 1.90. The van der Waals surface area contributed by atoms with Gasteiger partial charge in [0.15, 0.2) is 0 Å². The van der Waals surface area contributed by atoms with Crippen molar-refractivity contribution >= 4 is 23.5 Å². The fourth-order valence-corrected chi connectivity index (χ4v) is 3.03. The van der Waals surface area contributed by atoms with Crippen LogP contribution in [0.1, 0.15) is 19.3 Å². The first kappa shape index (κ1) is 15.2. The van der Waals surface area contributed by atoms with E-state index in [9.17, 15) is 4.79 Å². The second kappa shape index (κ2) is 7.55. The van der Waals surface area contributed by atoms with Crippen molar-refractivity contribution in [1.82, 2.24) is 10.2 Å². The highest BCUT2D eigenvalue weighted by Crippen LogP contribution is 2.19. The maximum atomic E-state index is 11.8. The van der Waals surface area contributed by atoms with Crippen LogP contribution in [-0.2, 0) is 0 Å². The molecule has 1 aliphatic rings. The molecule has 2 amide bonds. The monoisotopic (exact) mass is 293 g/mol. The Morgan fingerprint density at radius 3 is 3.05 bits per heavy atom. The Labute approximate surface area is 125 Å². The third-order valence-corrected chi connectivity index (χ3v) is 4.49. The Kier molecular flexibility index (Phi) is 5.73. The van der Waals surface area contributed by atoms with Crippen LogP contribution in [0.3, 0.4) is 0 Å². The number of nitrogens with one attached hydrogen (secondary N) is 2. The molecule has 1 unspecified atom stereocenters. The summed E-state index contributed by atoms with van der Waals surface area (Å²) in [4.78, 5) is 15.3. The van der Waals surface area contributed by atoms with Crippen LogP contribution >= 0.6 is 11.8 Å². The lowest BCUT2D eigenvalue weighted by Crippen LogP contribution is -2.34. The number of hydrogen-bond acceptors (Lipinski definition) is 3. The number of carbonyl (C=O) groups excluding carboxylic acids is 1. The summed E-state index contributed by atoms with van der Waals surface area (Å²) in [5.41, 5.74) is 0.840. The van der Waals surface area contributed by atoms with Gasteiger partial charge >= 0.3 is 6.03 Å². The van der Waals surface area contributed by atoms with Crippen LogP contribution in [0, 0.1) is 0 Å². The Morgan fingerprint density at radius 2 is 2.35 bits per heavy atom. The van der Waals surface area contributed by atoms with Crippen molar-refractivity contribution in [2.24, 2.45) is 0 Å². The summed E-state index contributed by atoms with van der Waals surface area (Å²) in [7, 11) is 2.16. The molecule has 1 aromatic rings. The van der Waals surface area contributed by atoms with Gasteiger partial charge in [0, 0.05) is 23.2 Å². The van der Waals surface area contributed by atoms with Gasteiger partial charge in [-0.15, -0.1) is 11.8 Å². The summed E-state index contributed by atoms with van der Waals surface area (Å²) in [6, 6.07) is 8.37. The van der Waals surface area contributed by atoms with E-state index < -0.39 is 0 Å². The third kappa shape index (κ3) is 4.42. The van der Waals surface area contributed by atoms with E-state index in [4.69, 9.17) is 0 Å². The highest BCUT2D eigenvalue weighted by atomic mass is 32.2. The molecule has 5 heteroatoms. The van der Waals surface area contributed by atoms with Crippen LogP contribution in [0.5, 0.6) is 0 Å². The van der Waals surface area contributed by atoms with Crippen molar-refractivity contribution in [3.8, 4) is 0 Å². The lowest BCUT2D eigenvalue weighted by Gasteiger charge is -2.19. The Balaban J connectivity index is 1.72. The minimum absolute atomic E-state index is 0.121. The first-order chi connectivity index (χ1) is 9.69. The van der Waals surface area contributed by atoms with Crippen molar-refractivity contribution in [3.05, 3.63) is 24.3 Å². The van der Waals surface area contributed by atoms with Crippen molar-refractivity contribution in [1.29, 1.82) is 0 Å². The average molecular weight is 293 g/mol. The van der Waals surface area contributed by atoms with Gasteiger partial charge < -0.3 is 15.5 Å². The standard InChI is InChI=1S/C15H23N3OS/c1-18-10-4-6-13(18)8-9-16-15(19)17-12-5-3-7-14(11-12)20-2/h3,5,7,11,13H,4,6,8-10H2,1-2H3,(H2,16,17,19). The second-order valence-corrected chi connectivity index (χ2v) is 6.06. The molecule has 4 nitrogen and oxygen atoms in total. The van der Waals surface area contributed by atoms with E-state index in [1.54, 1.807) is 11.8 Å². The van der Waals surface area contributed by atoms with E-state index in [1.807, 2.05) is 30.5 Å². The minimum atomic E-state index is -0.121. The molecule has 0 spiro atoms. The zero-order chi connectivity index (χ0) is 14.4. The molecule has 20 heavy (non-hydrogen) atoms. The number of thioether (sulfide) groups is 1. The molecular formula is C15H23N3OS. The minimum Gasteiger partial charge on any atom is -0.338 e. The lowest BCUT2D eigenvalue weighted by molar-refractivity contribution is 0.248. The van der Waals surface area contributed by atoms with Gasteiger partial charge in [0.1, 0.15) is 0 Å². The summed E-state index contributed by atoms with van der Waals surface area (Å²) in [5, 5.41) is 5.81. The fraction of sp³-hybridized carbons (Fsp3) is 0.533. The molecule has 0 saturated carbocycles. The van der Waals surface area contributed by atoms with Gasteiger partial charge in [-0.2, -0.15) is 0 Å². The Hall–Kier alpha value is -1.20. The van der Waals surface area contributed by atoms with E-state index in [1.165, 1.54) is 19.4 Å². The smallest absolute Gasteiger partial charge is 0.319 e. The first-order valence-electron chi connectivity index (χ1n) is 7.08. The zero-order valence-corrected chi connectivity index (χ0v) is 13.0. The molecule has 2 N–H and O–H groups in total. The number of amides is 2. The molecule has 0 aromatic heterocycles. The molecule has 1 fully saturated rings. The third-order valence-electron chi connectivity index (χ3n) is 3.76. The molecule has 0 aliphatic carbocycles. The second-order valence-electron chi connectivity index (χ2n) is 5.18. The van der Waals surface area contributed by atoms with Gasteiger partial charge in [-0.05, 0) is 57.3 Å². The Bertz CT molecular complexity index is 452. The lowest BCUT2D eigenvalue weighted by atomic mass is 10.1. The molecule has 1 aromatic carbocycles. The first-order valence-corrected chi connectivity index (χ1v) is 8.30. The summed E-state index contributed by atoms with van der Waals surface area (Å²) < 4.78 is 0. The molecule has 1 atom stereocenters. The van der Waals surface area contributed by atoms with Crippen LogP contribution in [0.25, 0.3) is 0 Å². The quantitative estimate of drug-likeness (QED) is 0.820. The maximum absolute atomic E-state index is 11.8. The highest BCUT2D eigenvalue weighted by Gasteiger charge is 2.20. The average Bonchev–Trinajstić information content (AvgIpc) is 2.85. The van der Waals surface area contributed by atoms with Gasteiger partial charge in [-0.3, -0.25) is 0 Å². The molecule has 0 bridgehead atoms. The molecular weight excluding hydrogens is 270 g/mol. The van der Waals surface area contributed by atoms with E-state index in [0.717, 1.165) is 23.5 Å². The normalized spacial score (nSPS) is 19.0. The van der Waals surface area contributed by atoms with Crippen molar-refractivity contribution in [3.63, 3.8) is 0 Å². The summed E-state index contributed by atoms with van der Waals surface area (Å²) in [5.74, 6) is 0. The number of carbonyl (C=O) groups is 1. The van der Waals surface area contributed by atoms with Gasteiger partial charge in [0.25, 0.3) is 0 Å². The van der Waals surface area contributed by atoms with E-state index in [2.05, 4.69) is 22.6 Å². The van der Waals surface area contributed by atoms with Crippen LogP contribution in [0.15, 0.2) is 29.2 Å². The van der Waals surface area contributed by atoms with Gasteiger partial charge in [0.2, 0.25) is 0 Å². The maximum Gasteiger partial charge on any atom is 0.319 e. The van der Waals surface area contributed by atoms with Crippen molar-refractivity contribution in [2.75, 3.05) is 31.7 Å². The van der Waals surface area contributed by atoms with E-state index >= 15 is 0 Å². The molecule has 110 valence electrons. The van der Waals surface area contributed by atoms with Gasteiger partial charge in [-0.25, -0.2) is 4.79 Å².